The molecule has 0 aliphatic heterocycles. The highest BCUT2D eigenvalue weighted by molar-refractivity contribution is 7.92. The Bertz CT molecular complexity index is 1080. The Balaban J connectivity index is 1.87. The molecule has 0 aliphatic rings. The van der Waals surface area contributed by atoms with E-state index in [4.69, 9.17) is 0 Å². The molecule has 6 nitrogen and oxygen atoms in total. The quantitative estimate of drug-likeness (QED) is 0.691. The molecule has 2 aromatic carbocycles. The third-order valence-corrected chi connectivity index (χ3v) is 6.48. The van der Waals surface area contributed by atoms with Crippen LogP contribution in [0.1, 0.15) is 10.4 Å². The minimum atomic E-state index is -3.70. The van der Waals surface area contributed by atoms with Crippen molar-refractivity contribution >= 4 is 33.0 Å². The zero-order chi connectivity index (χ0) is 18.7. The zero-order valence-electron chi connectivity index (χ0n) is 14.2. The van der Waals surface area contributed by atoms with Crippen molar-refractivity contribution in [3.8, 4) is 0 Å². The van der Waals surface area contributed by atoms with Crippen molar-refractivity contribution in [1.29, 1.82) is 0 Å². The summed E-state index contributed by atoms with van der Waals surface area (Å²) < 4.78 is 28.4. The molecule has 0 atom stereocenters. The Morgan fingerprint density at radius 3 is 2.31 bits per heavy atom. The lowest BCUT2D eigenvalue weighted by Crippen LogP contribution is -2.26. The molecule has 0 spiro atoms. The van der Waals surface area contributed by atoms with Gasteiger partial charge in [0.2, 0.25) is 0 Å². The molecule has 3 rings (SSSR count). The zero-order valence-corrected chi connectivity index (χ0v) is 15.9. The normalized spacial score (nSPS) is 12.2. The van der Waals surface area contributed by atoms with Crippen LogP contribution in [-0.2, 0) is 17.1 Å². The molecular weight excluding hydrogens is 370 g/mol. The number of rotatable bonds is 4. The summed E-state index contributed by atoms with van der Waals surface area (Å²) in [5.74, 6) is -0.414. The number of hydrogen-bond donors (Lipinski definition) is 0. The Morgan fingerprint density at radius 1 is 1.08 bits per heavy atom. The van der Waals surface area contributed by atoms with Crippen LogP contribution in [0.3, 0.4) is 0 Å². The first-order valence-electron chi connectivity index (χ1n) is 7.73. The number of hydrogen-bond acceptors (Lipinski definition) is 4. The molecule has 0 bridgehead atoms. The first-order chi connectivity index (χ1) is 12.4. The van der Waals surface area contributed by atoms with Gasteiger partial charge in [0, 0.05) is 31.2 Å². The fourth-order valence-electron chi connectivity index (χ4n) is 2.29. The smallest absolute Gasteiger partial charge is 0.279 e. The van der Waals surface area contributed by atoms with Gasteiger partial charge in [0.1, 0.15) is 0 Å². The van der Waals surface area contributed by atoms with Gasteiger partial charge in [-0.25, -0.2) is 8.42 Å². The molecular formula is C18H17N3O3S2. The summed E-state index contributed by atoms with van der Waals surface area (Å²) in [4.78, 5) is 17.0. The van der Waals surface area contributed by atoms with Crippen LogP contribution in [0.4, 0.5) is 5.69 Å². The molecule has 0 saturated heterocycles. The maximum absolute atomic E-state index is 12.7. The highest BCUT2D eigenvalue weighted by atomic mass is 32.2. The standard InChI is InChI=1S/C18H17N3O3S2/c1-20-12-13-25-18(20)19-17(22)14-8-10-16(11-9-14)26(23,24)21(2)15-6-4-3-5-7-15/h3-13H,1-2H3. The van der Waals surface area contributed by atoms with Crippen molar-refractivity contribution in [2.45, 2.75) is 4.90 Å². The summed E-state index contributed by atoms with van der Waals surface area (Å²) >= 11 is 1.35. The fourth-order valence-corrected chi connectivity index (χ4v) is 4.21. The van der Waals surface area contributed by atoms with Gasteiger partial charge in [-0.15, -0.1) is 11.3 Å². The van der Waals surface area contributed by atoms with Crippen LogP contribution in [-0.4, -0.2) is 25.9 Å². The molecule has 1 heterocycles. The predicted octanol–water partition coefficient (Wildman–Crippen LogP) is 2.65. The van der Waals surface area contributed by atoms with Crippen molar-refractivity contribution < 1.29 is 13.2 Å². The minimum Gasteiger partial charge on any atom is -0.327 e. The molecule has 1 aromatic heterocycles. The van der Waals surface area contributed by atoms with Crippen molar-refractivity contribution in [3.05, 3.63) is 76.5 Å². The van der Waals surface area contributed by atoms with E-state index in [1.807, 2.05) is 17.6 Å². The monoisotopic (exact) mass is 387 g/mol. The van der Waals surface area contributed by atoms with E-state index >= 15 is 0 Å². The second kappa shape index (κ2) is 7.27. The van der Waals surface area contributed by atoms with Crippen LogP contribution in [0.5, 0.6) is 0 Å². The van der Waals surface area contributed by atoms with Gasteiger partial charge in [-0.3, -0.25) is 9.10 Å². The summed E-state index contributed by atoms with van der Waals surface area (Å²) in [6.07, 6.45) is 1.81. The van der Waals surface area contributed by atoms with Crippen LogP contribution in [0.15, 0.2) is 76.1 Å². The van der Waals surface area contributed by atoms with Gasteiger partial charge in [-0.2, -0.15) is 4.99 Å². The summed E-state index contributed by atoms with van der Waals surface area (Å²) in [6.45, 7) is 0. The van der Waals surface area contributed by atoms with Crippen molar-refractivity contribution in [2.24, 2.45) is 12.0 Å². The van der Waals surface area contributed by atoms with Crippen molar-refractivity contribution in [2.75, 3.05) is 11.4 Å². The van der Waals surface area contributed by atoms with Gasteiger partial charge in [-0.1, -0.05) is 18.2 Å². The van der Waals surface area contributed by atoms with Gasteiger partial charge >= 0.3 is 0 Å². The highest BCUT2D eigenvalue weighted by Crippen LogP contribution is 2.22. The highest BCUT2D eigenvalue weighted by Gasteiger charge is 2.21. The summed E-state index contributed by atoms with van der Waals surface area (Å²) in [7, 11) is -0.403. The number of aryl methyl sites for hydroxylation is 1. The van der Waals surface area contributed by atoms with Crippen LogP contribution >= 0.6 is 11.3 Å². The topological polar surface area (TPSA) is 71.7 Å². The molecule has 134 valence electrons. The Labute approximate surface area is 155 Å². The molecule has 0 saturated carbocycles. The lowest BCUT2D eigenvalue weighted by Gasteiger charge is -2.19. The number of sulfonamides is 1. The van der Waals surface area contributed by atoms with Gasteiger partial charge in [-0.05, 0) is 36.4 Å². The first-order valence-corrected chi connectivity index (χ1v) is 10.0. The summed E-state index contributed by atoms with van der Waals surface area (Å²) in [5, 5.41) is 1.83. The number of carbonyl (C=O) groups excluding carboxylic acids is 1. The van der Waals surface area contributed by atoms with Crippen LogP contribution < -0.4 is 9.11 Å². The average Bonchev–Trinajstić information content (AvgIpc) is 3.06. The van der Waals surface area contributed by atoms with Crippen LogP contribution in [0.2, 0.25) is 0 Å². The lowest BCUT2D eigenvalue weighted by atomic mass is 10.2. The first kappa shape index (κ1) is 18.1. The van der Waals surface area contributed by atoms with Crippen molar-refractivity contribution in [1.82, 2.24) is 4.57 Å². The van der Waals surface area contributed by atoms with Crippen LogP contribution in [0.25, 0.3) is 0 Å². The molecule has 0 aliphatic carbocycles. The van der Waals surface area contributed by atoms with Crippen molar-refractivity contribution in [3.63, 3.8) is 0 Å². The Kier molecular flexibility index (Phi) is 5.06. The number of carbonyl (C=O) groups is 1. The predicted molar refractivity (Wildman–Crippen MR) is 102 cm³/mol. The third-order valence-electron chi connectivity index (χ3n) is 3.84. The van der Waals surface area contributed by atoms with E-state index in [1.54, 1.807) is 35.9 Å². The molecule has 0 unspecified atom stereocenters. The molecule has 1 amide bonds. The largest absolute Gasteiger partial charge is 0.327 e. The molecule has 0 fully saturated rings. The molecule has 0 N–H and O–H groups in total. The second-order valence-corrected chi connectivity index (χ2v) is 8.39. The summed E-state index contributed by atoms with van der Waals surface area (Å²) in [6, 6.07) is 14.6. The lowest BCUT2D eigenvalue weighted by molar-refractivity contribution is 0.0998. The second-order valence-electron chi connectivity index (χ2n) is 5.55. The number of thiazole rings is 1. The molecule has 8 heteroatoms. The maximum atomic E-state index is 12.7. The van der Waals surface area contributed by atoms with E-state index in [9.17, 15) is 13.2 Å². The third kappa shape index (κ3) is 3.61. The maximum Gasteiger partial charge on any atom is 0.279 e. The molecule has 26 heavy (non-hydrogen) atoms. The average molecular weight is 387 g/mol. The fraction of sp³-hybridized carbons (Fsp3) is 0.111. The number of nitrogens with zero attached hydrogens (tertiary/aromatic N) is 3. The molecule has 3 aromatic rings. The Morgan fingerprint density at radius 2 is 1.73 bits per heavy atom. The van der Waals surface area contributed by atoms with E-state index in [2.05, 4.69) is 4.99 Å². The Hall–Kier alpha value is -2.71. The number of benzene rings is 2. The minimum absolute atomic E-state index is 0.113. The number of para-hydroxylation sites is 1. The molecule has 0 radical (unpaired) electrons. The number of amides is 1. The van der Waals surface area contributed by atoms with E-state index in [0.717, 1.165) is 0 Å². The van der Waals surface area contributed by atoms with Crippen LogP contribution in [0, 0.1) is 0 Å². The van der Waals surface area contributed by atoms with E-state index in [0.29, 0.717) is 16.1 Å². The number of anilines is 1. The van der Waals surface area contributed by atoms with E-state index in [1.165, 1.54) is 47.0 Å². The SMILES string of the molecule is CN(c1ccccc1)S(=O)(=O)c1ccc(C(=O)N=c2sccn2C)cc1. The van der Waals surface area contributed by atoms with Gasteiger partial charge < -0.3 is 4.57 Å². The van der Waals surface area contributed by atoms with Gasteiger partial charge in [0.25, 0.3) is 15.9 Å². The summed E-state index contributed by atoms with van der Waals surface area (Å²) in [5.41, 5.74) is 0.896. The van der Waals surface area contributed by atoms with E-state index < -0.39 is 15.9 Å². The van der Waals surface area contributed by atoms with Gasteiger partial charge in [0.05, 0.1) is 10.6 Å². The van der Waals surface area contributed by atoms with Gasteiger partial charge in [0.15, 0.2) is 4.80 Å². The van der Waals surface area contributed by atoms with E-state index in [-0.39, 0.29) is 4.90 Å². The number of aromatic nitrogens is 1.